The van der Waals surface area contributed by atoms with Gasteiger partial charge in [-0.15, -0.1) is 0 Å². The fraction of sp³-hybridized carbons (Fsp3) is 0.650. The molecule has 1 N–H and O–H groups in total. The number of hydrogen-bond acceptors (Lipinski definition) is 2. The fourth-order valence-corrected chi connectivity index (χ4v) is 3.42. The molecule has 2 amide bonds. The first-order valence-electron chi connectivity index (χ1n) is 9.49. The van der Waals surface area contributed by atoms with Gasteiger partial charge in [-0.25, -0.2) is 4.79 Å². The lowest BCUT2D eigenvalue weighted by molar-refractivity contribution is 0.163. The van der Waals surface area contributed by atoms with E-state index >= 15 is 0 Å². The molecule has 0 aromatic heterocycles. The van der Waals surface area contributed by atoms with Gasteiger partial charge in [0.25, 0.3) is 0 Å². The second-order valence-electron chi connectivity index (χ2n) is 6.80. The zero-order valence-corrected chi connectivity index (χ0v) is 15.6. The van der Waals surface area contributed by atoms with Crippen molar-refractivity contribution < 1.29 is 4.79 Å². The van der Waals surface area contributed by atoms with Crippen LogP contribution in [0.25, 0.3) is 0 Å². The lowest BCUT2D eigenvalue weighted by atomic mass is 9.96. The summed E-state index contributed by atoms with van der Waals surface area (Å²) in [4.78, 5) is 16.8. The minimum absolute atomic E-state index is 0.0855. The zero-order chi connectivity index (χ0) is 17.4. The second-order valence-corrected chi connectivity index (χ2v) is 6.80. The number of likely N-dealkylation sites (tertiary alicyclic amines) is 1. The predicted molar refractivity (Wildman–Crippen MR) is 99.9 cm³/mol. The summed E-state index contributed by atoms with van der Waals surface area (Å²) >= 11 is 0. The third-order valence-corrected chi connectivity index (χ3v) is 5.12. The monoisotopic (exact) mass is 331 g/mol. The Hall–Kier alpha value is -1.55. The maximum Gasteiger partial charge on any atom is 0.317 e. The highest BCUT2D eigenvalue weighted by Gasteiger charge is 2.22. The standard InChI is InChI=1S/C20H33N3O/c1-4-17-11-8-12-23(16-17)20(24)21-14-18-9-7-10-19(13-18)15-22(5-2)6-3/h7,9-10,13,17H,4-6,8,11-12,14-16H2,1-3H3,(H,21,24). The average molecular weight is 332 g/mol. The first-order chi connectivity index (χ1) is 11.7. The van der Waals surface area contributed by atoms with Gasteiger partial charge in [-0.05, 0) is 43.0 Å². The van der Waals surface area contributed by atoms with Crippen LogP contribution in [-0.2, 0) is 13.1 Å². The maximum absolute atomic E-state index is 12.4. The molecular weight excluding hydrogens is 298 g/mol. The molecule has 4 heteroatoms. The second kappa shape index (κ2) is 9.67. The lowest BCUT2D eigenvalue weighted by Crippen LogP contribution is -2.45. The van der Waals surface area contributed by atoms with Crippen molar-refractivity contribution in [1.29, 1.82) is 0 Å². The number of hydrogen-bond donors (Lipinski definition) is 1. The highest BCUT2D eigenvalue weighted by molar-refractivity contribution is 5.74. The van der Waals surface area contributed by atoms with Crippen LogP contribution < -0.4 is 5.32 Å². The van der Waals surface area contributed by atoms with Crippen molar-refractivity contribution in [3.8, 4) is 0 Å². The van der Waals surface area contributed by atoms with E-state index < -0.39 is 0 Å². The minimum atomic E-state index is 0.0855. The molecule has 1 aliphatic rings. The van der Waals surface area contributed by atoms with Crippen LogP contribution in [0.2, 0.25) is 0 Å². The Morgan fingerprint density at radius 2 is 2.00 bits per heavy atom. The van der Waals surface area contributed by atoms with Crippen molar-refractivity contribution in [2.75, 3.05) is 26.2 Å². The molecule has 0 saturated carbocycles. The third kappa shape index (κ3) is 5.52. The average Bonchev–Trinajstić information content (AvgIpc) is 2.64. The van der Waals surface area contributed by atoms with Gasteiger partial charge in [0.1, 0.15) is 0 Å². The highest BCUT2D eigenvalue weighted by atomic mass is 16.2. The summed E-state index contributed by atoms with van der Waals surface area (Å²) in [5.41, 5.74) is 2.49. The van der Waals surface area contributed by atoms with E-state index in [1.165, 1.54) is 17.5 Å². The zero-order valence-electron chi connectivity index (χ0n) is 15.6. The van der Waals surface area contributed by atoms with E-state index in [2.05, 4.69) is 55.3 Å². The summed E-state index contributed by atoms with van der Waals surface area (Å²) in [6.45, 7) is 12.1. The smallest absolute Gasteiger partial charge is 0.317 e. The molecule has 1 heterocycles. The number of carbonyl (C=O) groups excluding carboxylic acids is 1. The molecule has 1 fully saturated rings. The predicted octanol–water partition coefficient (Wildman–Crippen LogP) is 3.86. The topological polar surface area (TPSA) is 35.6 Å². The van der Waals surface area contributed by atoms with Crippen LogP contribution >= 0.6 is 0 Å². The molecule has 134 valence electrons. The molecule has 4 nitrogen and oxygen atoms in total. The molecule has 1 aromatic rings. The molecule has 1 saturated heterocycles. The first-order valence-corrected chi connectivity index (χ1v) is 9.49. The number of urea groups is 1. The molecule has 0 radical (unpaired) electrons. The SMILES string of the molecule is CCC1CCCN(C(=O)NCc2cccc(CN(CC)CC)c2)C1. The third-order valence-electron chi connectivity index (χ3n) is 5.12. The van der Waals surface area contributed by atoms with Crippen LogP contribution in [0, 0.1) is 5.92 Å². The van der Waals surface area contributed by atoms with E-state index in [0.29, 0.717) is 12.5 Å². The van der Waals surface area contributed by atoms with Crippen molar-refractivity contribution in [2.24, 2.45) is 5.92 Å². The van der Waals surface area contributed by atoms with E-state index in [4.69, 9.17) is 0 Å². The number of amides is 2. The van der Waals surface area contributed by atoms with E-state index in [9.17, 15) is 4.79 Å². The molecule has 1 atom stereocenters. The van der Waals surface area contributed by atoms with Crippen molar-refractivity contribution >= 4 is 6.03 Å². The summed E-state index contributed by atoms with van der Waals surface area (Å²) in [5.74, 6) is 0.668. The van der Waals surface area contributed by atoms with Crippen LogP contribution in [-0.4, -0.2) is 42.0 Å². The maximum atomic E-state index is 12.4. The highest BCUT2D eigenvalue weighted by Crippen LogP contribution is 2.19. The van der Waals surface area contributed by atoms with E-state index in [0.717, 1.165) is 45.6 Å². The van der Waals surface area contributed by atoms with Crippen LogP contribution in [0.3, 0.4) is 0 Å². The Labute approximate surface area is 147 Å². The van der Waals surface area contributed by atoms with Crippen LogP contribution in [0.4, 0.5) is 4.79 Å². The Morgan fingerprint density at radius 3 is 2.71 bits per heavy atom. The number of piperidine rings is 1. The number of nitrogens with one attached hydrogen (secondary N) is 1. The largest absolute Gasteiger partial charge is 0.334 e. The summed E-state index contributed by atoms with van der Waals surface area (Å²) in [5, 5.41) is 3.10. The van der Waals surface area contributed by atoms with Gasteiger partial charge in [-0.3, -0.25) is 4.90 Å². The number of rotatable bonds is 7. The van der Waals surface area contributed by atoms with E-state index in [-0.39, 0.29) is 6.03 Å². The molecule has 0 aliphatic carbocycles. The normalized spacial score (nSPS) is 18.0. The van der Waals surface area contributed by atoms with E-state index in [1.54, 1.807) is 0 Å². The van der Waals surface area contributed by atoms with Gasteiger partial charge in [-0.1, -0.05) is 51.5 Å². The van der Waals surface area contributed by atoms with Crippen LogP contribution in [0.5, 0.6) is 0 Å². The minimum Gasteiger partial charge on any atom is -0.334 e. The molecule has 1 unspecified atom stereocenters. The van der Waals surface area contributed by atoms with E-state index in [1.807, 2.05) is 4.90 Å². The van der Waals surface area contributed by atoms with Gasteiger partial charge in [0.05, 0.1) is 0 Å². The molecule has 0 bridgehead atoms. The van der Waals surface area contributed by atoms with Crippen molar-refractivity contribution in [3.05, 3.63) is 35.4 Å². The Kier molecular flexibility index (Phi) is 7.57. The van der Waals surface area contributed by atoms with Crippen LogP contribution in [0.1, 0.15) is 51.2 Å². The van der Waals surface area contributed by atoms with Crippen molar-refractivity contribution in [1.82, 2.24) is 15.1 Å². The molecule has 2 rings (SSSR count). The van der Waals surface area contributed by atoms with Crippen LogP contribution in [0.15, 0.2) is 24.3 Å². The Bertz CT molecular complexity index is 513. The molecule has 1 aromatic carbocycles. The van der Waals surface area contributed by atoms with Gasteiger partial charge in [0.2, 0.25) is 0 Å². The summed E-state index contributed by atoms with van der Waals surface area (Å²) in [7, 11) is 0. The molecular formula is C20H33N3O. The first kappa shape index (κ1) is 18.8. The summed E-state index contributed by atoms with van der Waals surface area (Å²) < 4.78 is 0. The van der Waals surface area contributed by atoms with Gasteiger partial charge in [0, 0.05) is 26.2 Å². The molecule has 24 heavy (non-hydrogen) atoms. The fourth-order valence-electron chi connectivity index (χ4n) is 3.42. The summed E-state index contributed by atoms with van der Waals surface area (Å²) in [6, 6.07) is 8.65. The number of nitrogens with zero attached hydrogens (tertiary/aromatic N) is 2. The van der Waals surface area contributed by atoms with Gasteiger partial charge < -0.3 is 10.2 Å². The van der Waals surface area contributed by atoms with Crippen molar-refractivity contribution in [2.45, 2.75) is 53.1 Å². The van der Waals surface area contributed by atoms with Gasteiger partial charge in [0.15, 0.2) is 0 Å². The number of carbonyl (C=O) groups is 1. The Balaban J connectivity index is 1.86. The summed E-state index contributed by atoms with van der Waals surface area (Å²) in [6.07, 6.45) is 3.55. The quantitative estimate of drug-likeness (QED) is 0.823. The van der Waals surface area contributed by atoms with Gasteiger partial charge >= 0.3 is 6.03 Å². The molecule has 0 spiro atoms. The lowest BCUT2D eigenvalue weighted by Gasteiger charge is -2.32. The number of benzene rings is 1. The van der Waals surface area contributed by atoms with Gasteiger partial charge in [-0.2, -0.15) is 0 Å². The van der Waals surface area contributed by atoms with Crippen molar-refractivity contribution in [3.63, 3.8) is 0 Å². The Morgan fingerprint density at radius 1 is 1.25 bits per heavy atom. The molecule has 1 aliphatic heterocycles.